The van der Waals surface area contributed by atoms with E-state index in [0.29, 0.717) is 24.1 Å². The molecule has 1 unspecified atom stereocenters. The average Bonchev–Trinajstić information content (AvgIpc) is 3.17. The van der Waals surface area contributed by atoms with Crippen LogP contribution in [0.1, 0.15) is 142 Å². The van der Waals surface area contributed by atoms with E-state index in [1.165, 1.54) is 51.4 Å². The summed E-state index contributed by atoms with van der Waals surface area (Å²) >= 11 is 0. The van der Waals surface area contributed by atoms with Crippen LogP contribution < -0.4 is 4.89 Å². The number of esters is 1. The molecule has 0 N–H and O–H groups in total. The number of phosphoric ester groups is 1. The summed E-state index contributed by atoms with van der Waals surface area (Å²) in [7, 11) is 1.32. The van der Waals surface area contributed by atoms with Crippen LogP contribution in [-0.4, -0.2) is 70.7 Å². The second-order valence-electron chi connectivity index (χ2n) is 15.3. The zero-order valence-electron chi connectivity index (χ0n) is 36.7. The number of hydrogen-bond donors (Lipinski definition) is 0. The Morgan fingerprint density at radius 1 is 0.544 bits per heavy atom. The second kappa shape index (κ2) is 40.2. The SMILES string of the molecule is CCCCC/C=C\C/C=C\C/C=C\C/C=C\CCCCO[C@H](COC(=O)CCC/C=C\C/C=C\C/C=C\C/C=C\CCCCC)COP(=O)([O-])OCC[N+](C)(C)C. The minimum Gasteiger partial charge on any atom is -0.756 e. The van der Waals surface area contributed by atoms with Crippen LogP contribution in [0, 0.1) is 0 Å². The van der Waals surface area contributed by atoms with Crippen LogP contribution in [0.15, 0.2) is 97.2 Å². The topological polar surface area (TPSA) is 94.1 Å². The quantitative estimate of drug-likeness (QED) is 0.0200. The molecule has 0 radical (unpaired) electrons. The van der Waals surface area contributed by atoms with Crippen molar-refractivity contribution in [1.29, 1.82) is 0 Å². The maximum atomic E-state index is 12.5. The molecule has 0 aliphatic heterocycles. The van der Waals surface area contributed by atoms with Gasteiger partial charge in [-0.2, -0.15) is 0 Å². The molecule has 2 atom stereocenters. The predicted octanol–water partition coefficient (Wildman–Crippen LogP) is 12.4. The predicted molar refractivity (Wildman–Crippen MR) is 240 cm³/mol. The number of allylic oxidation sites excluding steroid dienone is 16. The van der Waals surface area contributed by atoms with Crippen molar-refractivity contribution in [2.45, 2.75) is 148 Å². The van der Waals surface area contributed by atoms with Crippen LogP contribution in [0.3, 0.4) is 0 Å². The Labute approximate surface area is 349 Å². The van der Waals surface area contributed by atoms with Gasteiger partial charge in [0, 0.05) is 13.0 Å². The van der Waals surface area contributed by atoms with Gasteiger partial charge in [0.1, 0.15) is 25.9 Å². The van der Waals surface area contributed by atoms with E-state index in [1.54, 1.807) is 0 Å². The van der Waals surface area contributed by atoms with Crippen molar-refractivity contribution < 1.29 is 37.3 Å². The molecule has 0 aromatic rings. The van der Waals surface area contributed by atoms with Crippen molar-refractivity contribution in [1.82, 2.24) is 0 Å². The average molecular weight is 816 g/mol. The second-order valence-corrected chi connectivity index (χ2v) is 16.7. The van der Waals surface area contributed by atoms with E-state index in [2.05, 4.69) is 111 Å². The number of quaternary nitrogens is 1. The summed E-state index contributed by atoms with van der Waals surface area (Å²) in [6.45, 7) is 5.02. The number of phosphoric acid groups is 1. The highest BCUT2D eigenvalue weighted by atomic mass is 31.2. The van der Waals surface area contributed by atoms with Crippen LogP contribution in [-0.2, 0) is 27.9 Å². The van der Waals surface area contributed by atoms with Crippen molar-refractivity contribution in [3.63, 3.8) is 0 Å². The lowest BCUT2D eigenvalue weighted by Gasteiger charge is -2.28. The van der Waals surface area contributed by atoms with Gasteiger partial charge in [-0.25, -0.2) is 0 Å². The number of ether oxygens (including phenoxy) is 2. The minimum atomic E-state index is -4.53. The molecule has 9 heteroatoms. The van der Waals surface area contributed by atoms with Crippen LogP contribution in [0.5, 0.6) is 0 Å². The molecule has 0 aromatic carbocycles. The normalized spacial score (nSPS) is 14.7. The summed E-state index contributed by atoms with van der Waals surface area (Å²) < 4.78 is 34.5. The third kappa shape index (κ3) is 44.4. The van der Waals surface area contributed by atoms with E-state index in [-0.39, 0.29) is 32.2 Å². The monoisotopic (exact) mass is 816 g/mol. The first-order chi connectivity index (χ1) is 27.6. The van der Waals surface area contributed by atoms with Gasteiger partial charge in [-0.1, -0.05) is 137 Å². The summed E-state index contributed by atoms with van der Waals surface area (Å²) in [6, 6.07) is 0. The number of carbonyl (C=O) groups excluding carboxylic acids is 1. The van der Waals surface area contributed by atoms with Gasteiger partial charge in [-0.3, -0.25) is 9.36 Å². The molecule has 0 amide bonds. The Kier molecular flexibility index (Phi) is 38.4. The molecular weight excluding hydrogens is 734 g/mol. The van der Waals surface area contributed by atoms with Crippen molar-refractivity contribution in [3.8, 4) is 0 Å². The van der Waals surface area contributed by atoms with E-state index in [1.807, 2.05) is 21.1 Å². The lowest BCUT2D eigenvalue weighted by atomic mass is 10.2. The van der Waals surface area contributed by atoms with Crippen molar-refractivity contribution >= 4 is 13.8 Å². The number of likely N-dealkylation sites (N-methyl/N-ethyl adjacent to an activating group) is 1. The molecule has 0 saturated heterocycles. The molecule has 0 aliphatic rings. The number of unbranched alkanes of at least 4 members (excludes halogenated alkanes) is 9. The number of hydrogen-bond acceptors (Lipinski definition) is 7. The lowest BCUT2D eigenvalue weighted by molar-refractivity contribution is -0.870. The van der Waals surface area contributed by atoms with Crippen LogP contribution in [0.25, 0.3) is 0 Å². The fourth-order valence-corrected chi connectivity index (χ4v) is 5.87. The van der Waals surface area contributed by atoms with Crippen molar-refractivity contribution in [3.05, 3.63) is 97.2 Å². The van der Waals surface area contributed by atoms with Crippen molar-refractivity contribution in [2.24, 2.45) is 0 Å². The summed E-state index contributed by atoms with van der Waals surface area (Å²) in [4.78, 5) is 24.8. The molecule has 8 nitrogen and oxygen atoms in total. The molecule has 57 heavy (non-hydrogen) atoms. The molecule has 0 fully saturated rings. The standard InChI is InChI=1S/C48H82NO7P/c1-6-8-10-12-14-16-18-20-22-24-26-28-30-32-34-36-38-40-43-53-47(46-56-57(51,52)55-44-42-49(3,4)5)45-54-48(50)41-39-37-35-33-31-29-27-25-23-21-19-17-15-13-11-9-7-2/h14-17,20-23,26-29,32-35,47H,6-13,18-19,24-25,30-31,36-46H2,1-5H3/b16-14-,17-15-,22-20-,23-21-,28-26-,29-27-,34-32-,35-33-/t47-/m1/s1. The van der Waals surface area contributed by atoms with E-state index in [4.69, 9.17) is 18.5 Å². The van der Waals surface area contributed by atoms with E-state index in [0.717, 1.165) is 64.2 Å². The van der Waals surface area contributed by atoms with Gasteiger partial charge in [-0.15, -0.1) is 0 Å². The molecule has 0 rings (SSSR count). The smallest absolute Gasteiger partial charge is 0.305 e. The Morgan fingerprint density at radius 2 is 0.947 bits per heavy atom. The first kappa shape index (κ1) is 54.4. The van der Waals surface area contributed by atoms with Gasteiger partial charge in [0.15, 0.2) is 0 Å². The third-order valence-corrected chi connectivity index (χ3v) is 9.61. The number of rotatable bonds is 39. The largest absolute Gasteiger partial charge is 0.756 e. The summed E-state index contributed by atoms with van der Waals surface area (Å²) in [5, 5.41) is 0. The van der Waals surface area contributed by atoms with Gasteiger partial charge in [0.05, 0.1) is 27.7 Å². The van der Waals surface area contributed by atoms with Gasteiger partial charge < -0.3 is 27.9 Å². The third-order valence-electron chi connectivity index (χ3n) is 8.65. The molecule has 0 heterocycles. The van der Waals surface area contributed by atoms with E-state index in [9.17, 15) is 14.3 Å². The van der Waals surface area contributed by atoms with E-state index < -0.39 is 13.9 Å². The fraction of sp³-hybridized carbons (Fsp3) is 0.646. The summed E-state index contributed by atoms with van der Waals surface area (Å²) in [6.07, 6.45) is 54.5. The van der Waals surface area contributed by atoms with Crippen LogP contribution in [0.4, 0.5) is 0 Å². The molecule has 0 saturated carbocycles. The molecule has 0 bridgehead atoms. The molecular formula is C48H82NO7P. The van der Waals surface area contributed by atoms with Gasteiger partial charge >= 0.3 is 5.97 Å². The highest BCUT2D eigenvalue weighted by molar-refractivity contribution is 7.45. The van der Waals surface area contributed by atoms with Crippen LogP contribution >= 0.6 is 7.82 Å². The maximum Gasteiger partial charge on any atom is 0.305 e. The first-order valence-corrected chi connectivity index (χ1v) is 23.4. The minimum absolute atomic E-state index is 0.0156. The van der Waals surface area contributed by atoms with Crippen molar-refractivity contribution in [2.75, 3.05) is 54.1 Å². The summed E-state index contributed by atoms with van der Waals surface area (Å²) in [5.41, 5.74) is 0. The Bertz CT molecular complexity index is 1230. The van der Waals surface area contributed by atoms with Crippen LogP contribution in [0.2, 0.25) is 0 Å². The zero-order valence-corrected chi connectivity index (χ0v) is 37.6. The maximum absolute atomic E-state index is 12.5. The number of carbonyl (C=O) groups is 1. The number of nitrogens with zero attached hydrogens (tertiary/aromatic N) is 1. The highest BCUT2D eigenvalue weighted by Crippen LogP contribution is 2.38. The fourth-order valence-electron chi connectivity index (χ4n) is 5.14. The molecule has 0 spiro atoms. The lowest BCUT2D eigenvalue weighted by Crippen LogP contribution is -2.37. The molecule has 0 aromatic heterocycles. The Balaban J connectivity index is 4.45. The zero-order chi connectivity index (χ0) is 42.0. The van der Waals surface area contributed by atoms with E-state index >= 15 is 0 Å². The summed E-state index contributed by atoms with van der Waals surface area (Å²) in [5.74, 6) is -0.343. The highest BCUT2D eigenvalue weighted by Gasteiger charge is 2.19. The first-order valence-electron chi connectivity index (χ1n) is 22.0. The van der Waals surface area contributed by atoms with Gasteiger partial charge in [-0.05, 0) is 96.3 Å². The molecule has 0 aliphatic carbocycles. The van der Waals surface area contributed by atoms with Gasteiger partial charge in [0.25, 0.3) is 7.82 Å². The Morgan fingerprint density at radius 3 is 1.37 bits per heavy atom. The molecule has 326 valence electrons. The Hall–Kier alpha value is -2.58. The van der Waals surface area contributed by atoms with Gasteiger partial charge in [0.2, 0.25) is 0 Å².